The summed E-state index contributed by atoms with van der Waals surface area (Å²) in [5.74, 6) is -1.09. The number of rotatable bonds is 6. The molecular weight excluding hydrogens is 284 g/mol. The first-order chi connectivity index (χ1) is 9.44. The molecule has 0 bridgehead atoms. The molecular formula is C11H14N4O4S. The summed E-state index contributed by atoms with van der Waals surface area (Å²) in [6, 6.07) is 1.13. The number of hydrogen-bond acceptors (Lipinski definition) is 4. The number of aryl methyl sites for hydroxylation is 1. The number of nitrogens with zero attached hydrogens (tertiary/aromatic N) is 2. The largest absolute Gasteiger partial charge is 0.477 e. The van der Waals surface area contributed by atoms with Crippen LogP contribution in [0.2, 0.25) is 0 Å². The van der Waals surface area contributed by atoms with Crippen LogP contribution in [0.4, 0.5) is 5.95 Å². The summed E-state index contributed by atoms with van der Waals surface area (Å²) >= 11 is 0. The molecule has 0 aliphatic heterocycles. The van der Waals surface area contributed by atoms with Gasteiger partial charge in [-0.2, -0.15) is 0 Å². The van der Waals surface area contributed by atoms with E-state index in [-0.39, 0.29) is 16.5 Å². The van der Waals surface area contributed by atoms with Gasteiger partial charge in [0.1, 0.15) is 10.6 Å². The second-order valence-electron chi connectivity index (χ2n) is 4.10. The number of nitrogens with one attached hydrogen (secondary N) is 2. The Bertz CT molecular complexity index is 703. The predicted molar refractivity (Wildman–Crippen MR) is 71.1 cm³/mol. The Morgan fingerprint density at radius 2 is 2.30 bits per heavy atom. The molecule has 2 rings (SSSR count). The first-order valence-electron chi connectivity index (χ1n) is 5.89. The van der Waals surface area contributed by atoms with Crippen molar-refractivity contribution in [2.45, 2.75) is 24.8 Å². The van der Waals surface area contributed by atoms with Crippen LogP contribution in [-0.4, -0.2) is 34.0 Å². The molecule has 0 saturated carbocycles. The summed E-state index contributed by atoms with van der Waals surface area (Å²) in [5, 5.41) is 9.07. The molecule has 0 saturated heterocycles. The first kappa shape index (κ1) is 14.1. The minimum absolute atomic E-state index is 0.0633. The minimum atomic E-state index is -3.86. The van der Waals surface area contributed by atoms with Crippen molar-refractivity contribution in [3.63, 3.8) is 0 Å². The first-order valence-corrected chi connectivity index (χ1v) is 7.38. The third-order valence-corrected chi connectivity index (χ3v) is 3.90. The fourth-order valence-corrected chi connectivity index (χ4v) is 2.76. The number of carboxylic acids is 1. The zero-order valence-corrected chi connectivity index (χ0v) is 11.5. The summed E-state index contributed by atoms with van der Waals surface area (Å²) in [6.45, 7) is 2.30. The van der Waals surface area contributed by atoms with E-state index in [0.717, 1.165) is 6.07 Å². The van der Waals surface area contributed by atoms with Crippen LogP contribution < -0.4 is 4.72 Å². The van der Waals surface area contributed by atoms with Crippen LogP contribution in [0, 0.1) is 0 Å². The van der Waals surface area contributed by atoms with E-state index >= 15 is 0 Å². The van der Waals surface area contributed by atoms with Crippen LogP contribution in [0.5, 0.6) is 0 Å². The molecule has 2 heterocycles. The number of imidazole rings is 1. The van der Waals surface area contributed by atoms with Gasteiger partial charge in [0.2, 0.25) is 5.95 Å². The Hall–Kier alpha value is -2.29. The zero-order chi connectivity index (χ0) is 14.8. The van der Waals surface area contributed by atoms with Gasteiger partial charge in [-0.1, -0.05) is 6.92 Å². The van der Waals surface area contributed by atoms with Crippen LogP contribution in [-0.2, 0) is 16.6 Å². The highest BCUT2D eigenvalue weighted by Crippen LogP contribution is 2.17. The van der Waals surface area contributed by atoms with Crippen molar-refractivity contribution in [2.24, 2.45) is 0 Å². The van der Waals surface area contributed by atoms with Crippen LogP contribution in [0.25, 0.3) is 0 Å². The molecule has 0 spiro atoms. The maximum absolute atomic E-state index is 12.1. The second-order valence-corrected chi connectivity index (χ2v) is 5.79. The van der Waals surface area contributed by atoms with Gasteiger partial charge in [0, 0.05) is 25.1 Å². The van der Waals surface area contributed by atoms with Crippen molar-refractivity contribution in [3.05, 3.63) is 30.4 Å². The van der Waals surface area contributed by atoms with Gasteiger partial charge in [-0.25, -0.2) is 22.9 Å². The molecule has 108 valence electrons. The molecule has 0 aromatic carbocycles. The molecule has 2 aromatic heterocycles. The smallest absolute Gasteiger partial charge is 0.352 e. The maximum atomic E-state index is 12.1. The monoisotopic (exact) mass is 298 g/mol. The summed E-state index contributed by atoms with van der Waals surface area (Å²) in [5.41, 5.74) is -0.0633. The Labute approximate surface area is 115 Å². The normalized spacial score (nSPS) is 11.4. The van der Waals surface area contributed by atoms with Gasteiger partial charge in [0.05, 0.1) is 0 Å². The molecule has 0 aliphatic carbocycles. The van der Waals surface area contributed by atoms with E-state index in [2.05, 4.69) is 14.7 Å². The number of H-pyrrole nitrogens is 1. The summed E-state index contributed by atoms with van der Waals surface area (Å²) in [4.78, 5) is 17.4. The van der Waals surface area contributed by atoms with Crippen molar-refractivity contribution in [1.29, 1.82) is 0 Å². The lowest BCUT2D eigenvalue weighted by molar-refractivity contribution is 0.0685. The molecule has 0 unspecified atom stereocenters. The van der Waals surface area contributed by atoms with Gasteiger partial charge in [0.15, 0.2) is 0 Å². The van der Waals surface area contributed by atoms with E-state index in [1.807, 2.05) is 6.92 Å². The third-order valence-electron chi connectivity index (χ3n) is 2.59. The molecule has 3 N–H and O–H groups in total. The molecule has 0 radical (unpaired) electrons. The molecule has 0 fully saturated rings. The summed E-state index contributed by atoms with van der Waals surface area (Å²) < 4.78 is 27.9. The Kier molecular flexibility index (Phi) is 3.79. The number of aromatic amines is 1. The van der Waals surface area contributed by atoms with Crippen molar-refractivity contribution >= 4 is 21.9 Å². The molecule has 0 atom stereocenters. The Morgan fingerprint density at radius 1 is 1.55 bits per heavy atom. The van der Waals surface area contributed by atoms with Crippen LogP contribution in [0.15, 0.2) is 29.6 Å². The van der Waals surface area contributed by atoms with Crippen LogP contribution in [0.1, 0.15) is 23.8 Å². The molecule has 2 aromatic rings. The number of carbonyl (C=O) groups is 1. The minimum Gasteiger partial charge on any atom is -0.477 e. The molecule has 0 aliphatic rings. The van der Waals surface area contributed by atoms with Gasteiger partial charge < -0.3 is 14.7 Å². The van der Waals surface area contributed by atoms with Gasteiger partial charge in [-0.15, -0.1) is 0 Å². The molecule has 0 amide bonds. The van der Waals surface area contributed by atoms with E-state index in [0.29, 0.717) is 13.0 Å². The summed E-state index contributed by atoms with van der Waals surface area (Å²) in [6.07, 6.45) is 4.88. The number of aromatic nitrogens is 3. The van der Waals surface area contributed by atoms with Gasteiger partial charge >= 0.3 is 5.97 Å². The number of anilines is 1. The lowest BCUT2D eigenvalue weighted by Crippen LogP contribution is -2.13. The predicted octanol–water partition coefficient (Wildman–Crippen LogP) is 1.12. The standard InChI is InChI=1S/C11H14N4O4S/c1-2-5-15-7-8(6-9(15)10(16)17)20(18,19)14-11-12-3-4-13-11/h3-4,6-7H,2,5H2,1H3,(H,16,17)(H2,12,13,14). The quantitative estimate of drug-likeness (QED) is 0.738. The fourth-order valence-electron chi connectivity index (χ4n) is 1.74. The second kappa shape index (κ2) is 5.37. The number of aromatic carboxylic acids is 1. The van der Waals surface area contributed by atoms with Crippen LogP contribution >= 0.6 is 0 Å². The average Bonchev–Trinajstić information content (AvgIpc) is 2.98. The average molecular weight is 298 g/mol. The van der Waals surface area contributed by atoms with Crippen molar-refractivity contribution in [2.75, 3.05) is 4.72 Å². The van der Waals surface area contributed by atoms with Crippen molar-refractivity contribution < 1.29 is 18.3 Å². The fraction of sp³-hybridized carbons (Fsp3) is 0.273. The van der Waals surface area contributed by atoms with Crippen LogP contribution in [0.3, 0.4) is 0 Å². The van der Waals surface area contributed by atoms with E-state index in [4.69, 9.17) is 5.11 Å². The molecule has 9 heteroatoms. The van der Waals surface area contributed by atoms with Gasteiger partial charge in [-0.3, -0.25) is 0 Å². The number of hydrogen-bond donors (Lipinski definition) is 3. The summed E-state index contributed by atoms with van der Waals surface area (Å²) in [7, 11) is -3.86. The van der Waals surface area contributed by atoms with E-state index < -0.39 is 16.0 Å². The molecule has 8 nitrogen and oxygen atoms in total. The SMILES string of the molecule is CCCn1cc(S(=O)(=O)Nc2ncc[nH]2)cc1C(=O)O. The zero-order valence-electron chi connectivity index (χ0n) is 10.7. The Morgan fingerprint density at radius 3 is 2.85 bits per heavy atom. The highest BCUT2D eigenvalue weighted by molar-refractivity contribution is 7.92. The number of carboxylic acid groups (broad SMARTS) is 1. The van der Waals surface area contributed by atoms with E-state index in [9.17, 15) is 13.2 Å². The van der Waals surface area contributed by atoms with E-state index in [1.165, 1.54) is 23.2 Å². The van der Waals surface area contributed by atoms with E-state index in [1.54, 1.807) is 0 Å². The lowest BCUT2D eigenvalue weighted by atomic mass is 10.4. The Balaban J connectivity index is 2.36. The van der Waals surface area contributed by atoms with Crippen molar-refractivity contribution in [3.8, 4) is 0 Å². The topological polar surface area (TPSA) is 117 Å². The third kappa shape index (κ3) is 2.82. The number of sulfonamides is 1. The highest BCUT2D eigenvalue weighted by atomic mass is 32.2. The molecule has 20 heavy (non-hydrogen) atoms. The van der Waals surface area contributed by atoms with Gasteiger partial charge in [-0.05, 0) is 12.5 Å². The lowest BCUT2D eigenvalue weighted by Gasteiger charge is -2.03. The highest BCUT2D eigenvalue weighted by Gasteiger charge is 2.21. The van der Waals surface area contributed by atoms with Gasteiger partial charge in [0.25, 0.3) is 10.0 Å². The van der Waals surface area contributed by atoms with Crippen molar-refractivity contribution in [1.82, 2.24) is 14.5 Å². The maximum Gasteiger partial charge on any atom is 0.352 e.